The van der Waals surface area contributed by atoms with E-state index in [0.717, 1.165) is 43.5 Å². The van der Waals surface area contributed by atoms with Gasteiger partial charge in [-0.05, 0) is 32.1 Å². The summed E-state index contributed by atoms with van der Waals surface area (Å²) >= 11 is 1.75. The van der Waals surface area contributed by atoms with Crippen LogP contribution in [0.3, 0.4) is 0 Å². The van der Waals surface area contributed by atoms with Crippen LogP contribution >= 0.6 is 35.3 Å². The van der Waals surface area contributed by atoms with Gasteiger partial charge in [0, 0.05) is 37.6 Å². The Hall–Kier alpha value is -0.370. The van der Waals surface area contributed by atoms with Crippen molar-refractivity contribution in [1.29, 1.82) is 0 Å². The van der Waals surface area contributed by atoms with Crippen LogP contribution < -0.4 is 10.6 Å². The fraction of sp³-hybridized carbons (Fsp3) is 0.692. The summed E-state index contributed by atoms with van der Waals surface area (Å²) in [6, 6.07) is 0. The highest BCUT2D eigenvalue weighted by molar-refractivity contribution is 14.0. The third kappa shape index (κ3) is 6.56. The van der Waals surface area contributed by atoms with Crippen LogP contribution in [0, 0.1) is 12.8 Å². The molecule has 2 rings (SSSR count). The van der Waals surface area contributed by atoms with Crippen LogP contribution in [0.4, 0.5) is 0 Å². The Kier molecular flexibility index (Phi) is 7.67. The van der Waals surface area contributed by atoms with Gasteiger partial charge in [-0.3, -0.25) is 4.99 Å². The molecule has 2 N–H and O–H groups in total. The van der Waals surface area contributed by atoms with E-state index in [2.05, 4.69) is 26.0 Å². The Labute approximate surface area is 136 Å². The Morgan fingerprint density at radius 3 is 2.84 bits per heavy atom. The molecule has 0 bridgehead atoms. The predicted octanol–water partition coefficient (Wildman–Crippen LogP) is 2.58. The van der Waals surface area contributed by atoms with Gasteiger partial charge in [0.05, 0.1) is 5.01 Å². The first-order valence-electron chi connectivity index (χ1n) is 6.63. The fourth-order valence-electron chi connectivity index (χ4n) is 1.75. The van der Waals surface area contributed by atoms with E-state index in [1.165, 1.54) is 17.8 Å². The van der Waals surface area contributed by atoms with E-state index in [0.29, 0.717) is 0 Å². The molecule has 0 spiro atoms. The molecule has 1 aliphatic rings. The minimum atomic E-state index is 0. The van der Waals surface area contributed by atoms with E-state index in [-0.39, 0.29) is 24.0 Å². The second kappa shape index (κ2) is 8.73. The fourth-order valence-corrected chi connectivity index (χ4v) is 2.57. The Morgan fingerprint density at radius 1 is 1.47 bits per heavy atom. The van der Waals surface area contributed by atoms with Crippen molar-refractivity contribution in [3.05, 3.63) is 16.1 Å². The van der Waals surface area contributed by atoms with Crippen LogP contribution in [0.2, 0.25) is 0 Å². The lowest BCUT2D eigenvalue weighted by molar-refractivity contribution is 0.712. The number of hydrogen-bond acceptors (Lipinski definition) is 3. The molecule has 1 aliphatic carbocycles. The lowest BCUT2D eigenvalue weighted by Gasteiger charge is -2.10. The second-order valence-electron chi connectivity index (χ2n) is 4.81. The summed E-state index contributed by atoms with van der Waals surface area (Å²) < 4.78 is 0. The zero-order valence-electron chi connectivity index (χ0n) is 11.6. The summed E-state index contributed by atoms with van der Waals surface area (Å²) in [6.07, 6.45) is 4.88. The molecule has 0 aliphatic heterocycles. The topological polar surface area (TPSA) is 49.3 Å². The molecule has 0 aromatic carbocycles. The number of guanidine groups is 1. The second-order valence-corrected chi connectivity index (χ2v) is 5.75. The van der Waals surface area contributed by atoms with Crippen LogP contribution in [0.15, 0.2) is 10.4 Å². The van der Waals surface area contributed by atoms with Crippen molar-refractivity contribution in [2.45, 2.75) is 32.6 Å². The van der Waals surface area contributed by atoms with Crippen LogP contribution in [-0.2, 0) is 6.42 Å². The number of rotatable bonds is 6. The predicted molar refractivity (Wildman–Crippen MR) is 92.7 cm³/mol. The first-order chi connectivity index (χ1) is 8.78. The third-order valence-electron chi connectivity index (χ3n) is 3.01. The lowest BCUT2D eigenvalue weighted by atomic mass is 10.3. The monoisotopic (exact) mass is 394 g/mol. The number of aliphatic imine (C=N–C) groups is 1. The summed E-state index contributed by atoms with van der Waals surface area (Å²) in [7, 11) is 1.83. The van der Waals surface area contributed by atoms with Gasteiger partial charge in [-0.1, -0.05) is 0 Å². The van der Waals surface area contributed by atoms with Gasteiger partial charge in [-0.2, -0.15) is 0 Å². The van der Waals surface area contributed by atoms with Crippen molar-refractivity contribution in [3.8, 4) is 0 Å². The number of nitrogens with one attached hydrogen (secondary N) is 2. The third-order valence-corrected chi connectivity index (χ3v) is 4.03. The van der Waals surface area contributed by atoms with Gasteiger partial charge in [-0.15, -0.1) is 35.3 Å². The minimum absolute atomic E-state index is 0. The molecule has 0 radical (unpaired) electrons. The van der Waals surface area contributed by atoms with Gasteiger partial charge in [0.15, 0.2) is 5.96 Å². The Morgan fingerprint density at radius 2 is 2.26 bits per heavy atom. The normalized spacial score (nSPS) is 14.9. The standard InChI is InChI=1S/C13H22N4S.HI/c1-10-9-18-12(17-10)4-3-7-15-13(14-2)16-8-11-5-6-11;/h9,11H,3-8H2,1-2H3,(H2,14,15,16);1H. The lowest BCUT2D eigenvalue weighted by Crippen LogP contribution is -2.38. The number of aryl methyl sites for hydroxylation is 2. The molecular formula is C13H23IN4S. The molecule has 0 amide bonds. The van der Waals surface area contributed by atoms with Crippen LogP contribution in [0.1, 0.15) is 30.0 Å². The number of aromatic nitrogens is 1. The van der Waals surface area contributed by atoms with E-state index in [9.17, 15) is 0 Å². The maximum absolute atomic E-state index is 4.46. The molecule has 0 atom stereocenters. The molecule has 1 aromatic rings. The SMILES string of the molecule is CN=C(NCCCc1nc(C)cs1)NCC1CC1.I. The van der Waals surface area contributed by atoms with Gasteiger partial charge in [0.2, 0.25) is 0 Å². The van der Waals surface area contributed by atoms with Gasteiger partial charge in [-0.25, -0.2) is 4.98 Å². The summed E-state index contributed by atoms with van der Waals surface area (Å²) in [5.74, 6) is 1.80. The molecule has 1 heterocycles. The van der Waals surface area contributed by atoms with Gasteiger partial charge >= 0.3 is 0 Å². The van der Waals surface area contributed by atoms with Crippen LogP contribution in [-0.4, -0.2) is 31.1 Å². The maximum atomic E-state index is 4.46. The first-order valence-corrected chi connectivity index (χ1v) is 7.51. The van der Waals surface area contributed by atoms with Crippen molar-refractivity contribution >= 4 is 41.3 Å². The Balaban J connectivity index is 0.00000180. The average molecular weight is 394 g/mol. The van der Waals surface area contributed by atoms with E-state index < -0.39 is 0 Å². The number of thiazole rings is 1. The Bertz CT molecular complexity index is 401. The quantitative estimate of drug-likeness (QED) is 0.338. The van der Waals surface area contributed by atoms with Crippen LogP contribution in [0.5, 0.6) is 0 Å². The van der Waals surface area contributed by atoms with E-state index in [1.807, 2.05) is 14.0 Å². The first kappa shape index (κ1) is 16.7. The molecular weight excluding hydrogens is 371 g/mol. The number of halogens is 1. The zero-order valence-corrected chi connectivity index (χ0v) is 14.8. The van der Waals surface area contributed by atoms with Crippen molar-refractivity contribution in [3.63, 3.8) is 0 Å². The largest absolute Gasteiger partial charge is 0.356 e. The van der Waals surface area contributed by atoms with E-state index in [1.54, 1.807) is 11.3 Å². The van der Waals surface area contributed by atoms with Gasteiger partial charge in [0.1, 0.15) is 0 Å². The summed E-state index contributed by atoms with van der Waals surface area (Å²) in [4.78, 5) is 8.68. The smallest absolute Gasteiger partial charge is 0.190 e. The zero-order chi connectivity index (χ0) is 12.8. The van der Waals surface area contributed by atoms with E-state index >= 15 is 0 Å². The highest BCUT2D eigenvalue weighted by Gasteiger charge is 2.20. The highest BCUT2D eigenvalue weighted by atomic mass is 127. The van der Waals surface area contributed by atoms with Gasteiger partial charge in [0.25, 0.3) is 0 Å². The molecule has 0 saturated heterocycles. The maximum Gasteiger partial charge on any atom is 0.190 e. The molecule has 19 heavy (non-hydrogen) atoms. The van der Waals surface area contributed by atoms with E-state index in [4.69, 9.17) is 0 Å². The molecule has 6 heteroatoms. The molecule has 1 aromatic heterocycles. The molecule has 108 valence electrons. The van der Waals surface area contributed by atoms with Gasteiger partial charge < -0.3 is 10.6 Å². The molecule has 4 nitrogen and oxygen atoms in total. The van der Waals surface area contributed by atoms with Crippen LogP contribution in [0.25, 0.3) is 0 Å². The van der Waals surface area contributed by atoms with Crippen molar-refractivity contribution < 1.29 is 0 Å². The van der Waals surface area contributed by atoms with Crippen molar-refractivity contribution in [1.82, 2.24) is 15.6 Å². The highest BCUT2D eigenvalue weighted by Crippen LogP contribution is 2.27. The average Bonchev–Trinajstić information content (AvgIpc) is 3.11. The number of hydrogen-bond donors (Lipinski definition) is 2. The molecule has 1 fully saturated rings. The molecule has 0 unspecified atom stereocenters. The van der Waals surface area contributed by atoms with Crippen molar-refractivity contribution in [2.24, 2.45) is 10.9 Å². The minimum Gasteiger partial charge on any atom is -0.356 e. The number of nitrogens with zero attached hydrogens (tertiary/aromatic N) is 2. The summed E-state index contributed by atoms with van der Waals surface area (Å²) in [5, 5.41) is 10.0. The van der Waals surface area contributed by atoms with Crippen molar-refractivity contribution in [2.75, 3.05) is 20.1 Å². The summed E-state index contributed by atoms with van der Waals surface area (Å²) in [5.41, 5.74) is 1.13. The summed E-state index contributed by atoms with van der Waals surface area (Å²) in [6.45, 7) is 4.05. The molecule has 1 saturated carbocycles.